The van der Waals surface area contributed by atoms with Crippen LogP contribution in [0.2, 0.25) is 0 Å². The second kappa shape index (κ2) is 7.40. The molecule has 136 valence electrons. The van der Waals surface area contributed by atoms with Crippen molar-refractivity contribution in [2.75, 3.05) is 20.6 Å². The van der Waals surface area contributed by atoms with Crippen LogP contribution in [-0.4, -0.2) is 55.6 Å². The summed E-state index contributed by atoms with van der Waals surface area (Å²) in [5.74, 6) is 1.28. The van der Waals surface area contributed by atoms with Gasteiger partial charge in [-0.2, -0.15) is 0 Å². The molecular formula is C18H31N3O3. The third-order valence-electron chi connectivity index (χ3n) is 6.11. The molecule has 3 aliphatic rings. The quantitative estimate of drug-likeness (QED) is 0.798. The van der Waals surface area contributed by atoms with Crippen molar-refractivity contribution >= 4 is 11.8 Å². The summed E-state index contributed by atoms with van der Waals surface area (Å²) < 4.78 is 5.79. The minimum Gasteiger partial charge on any atom is -0.363 e. The Morgan fingerprint density at radius 1 is 1.12 bits per heavy atom. The van der Waals surface area contributed by atoms with E-state index in [1.807, 2.05) is 0 Å². The first-order chi connectivity index (χ1) is 11.5. The maximum atomic E-state index is 12.5. The fraction of sp³-hybridized carbons (Fsp3) is 0.889. The lowest BCUT2D eigenvalue weighted by Crippen LogP contribution is -2.49. The Morgan fingerprint density at radius 2 is 1.79 bits per heavy atom. The Morgan fingerprint density at radius 3 is 2.42 bits per heavy atom. The Balaban J connectivity index is 1.44. The normalized spacial score (nSPS) is 38.6. The third-order valence-corrected chi connectivity index (χ3v) is 6.11. The molecule has 24 heavy (non-hydrogen) atoms. The predicted octanol–water partition coefficient (Wildman–Crippen LogP) is 0.892. The zero-order valence-corrected chi connectivity index (χ0v) is 14.9. The van der Waals surface area contributed by atoms with E-state index < -0.39 is 0 Å². The second-order valence-corrected chi connectivity index (χ2v) is 8.00. The van der Waals surface area contributed by atoms with Crippen LogP contribution in [0.1, 0.15) is 44.9 Å². The molecule has 0 spiro atoms. The van der Waals surface area contributed by atoms with Crippen LogP contribution < -0.4 is 11.1 Å². The summed E-state index contributed by atoms with van der Waals surface area (Å²) in [5, 5.41) is 3.06. The van der Waals surface area contributed by atoms with Crippen LogP contribution in [0.15, 0.2) is 0 Å². The van der Waals surface area contributed by atoms with Crippen molar-refractivity contribution in [2.24, 2.45) is 23.5 Å². The molecule has 1 saturated heterocycles. The minimum absolute atomic E-state index is 0.0120. The number of hydrogen-bond acceptors (Lipinski definition) is 4. The number of nitrogens with two attached hydrogens (primary N) is 1. The molecule has 2 bridgehead atoms. The lowest BCUT2D eigenvalue weighted by molar-refractivity contribution is -0.140. The highest BCUT2D eigenvalue weighted by Gasteiger charge is 2.40. The first-order valence-corrected chi connectivity index (χ1v) is 9.35. The first-order valence-electron chi connectivity index (χ1n) is 9.35. The van der Waals surface area contributed by atoms with E-state index in [4.69, 9.17) is 10.5 Å². The summed E-state index contributed by atoms with van der Waals surface area (Å²) in [6.07, 6.45) is 6.61. The van der Waals surface area contributed by atoms with Crippen molar-refractivity contribution in [1.29, 1.82) is 0 Å². The lowest BCUT2D eigenvalue weighted by Gasteiger charge is -2.43. The maximum Gasteiger partial charge on any atom is 0.251 e. The number of carbonyl (C=O) groups is 2. The van der Waals surface area contributed by atoms with E-state index in [1.54, 1.807) is 19.0 Å². The highest BCUT2D eigenvalue weighted by atomic mass is 16.5. The van der Waals surface area contributed by atoms with Gasteiger partial charge in [-0.3, -0.25) is 9.59 Å². The van der Waals surface area contributed by atoms with Crippen LogP contribution in [0.3, 0.4) is 0 Å². The van der Waals surface area contributed by atoms with Crippen LogP contribution in [-0.2, 0) is 14.3 Å². The largest absolute Gasteiger partial charge is 0.363 e. The Bertz CT molecular complexity index is 468. The molecule has 4 atom stereocenters. The van der Waals surface area contributed by atoms with Crippen molar-refractivity contribution in [2.45, 2.75) is 63.2 Å². The van der Waals surface area contributed by atoms with E-state index in [-0.39, 0.29) is 29.9 Å². The second-order valence-electron chi connectivity index (χ2n) is 8.00. The maximum absolute atomic E-state index is 12.5. The molecule has 2 aliphatic carbocycles. The van der Waals surface area contributed by atoms with E-state index in [9.17, 15) is 9.59 Å². The first kappa shape index (κ1) is 17.7. The smallest absolute Gasteiger partial charge is 0.251 e. The Kier molecular flexibility index (Phi) is 5.45. The summed E-state index contributed by atoms with van der Waals surface area (Å²) in [6, 6.07) is 0.291. The highest BCUT2D eigenvalue weighted by Crippen LogP contribution is 2.41. The summed E-state index contributed by atoms with van der Waals surface area (Å²) in [7, 11) is 3.48. The van der Waals surface area contributed by atoms with Gasteiger partial charge >= 0.3 is 0 Å². The number of ether oxygens (including phenoxy) is 1. The number of amides is 2. The monoisotopic (exact) mass is 337 g/mol. The molecule has 0 aromatic heterocycles. The third kappa shape index (κ3) is 3.75. The molecule has 3 fully saturated rings. The molecule has 1 heterocycles. The fourth-order valence-electron chi connectivity index (χ4n) is 4.69. The summed E-state index contributed by atoms with van der Waals surface area (Å²) >= 11 is 0. The molecule has 3 N–H and O–H groups in total. The number of nitrogens with zero attached hydrogens (tertiary/aromatic N) is 1. The van der Waals surface area contributed by atoms with Crippen molar-refractivity contribution in [3.8, 4) is 0 Å². The van der Waals surface area contributed by atoms with Gasteiger partial charge in [0.2, 0.25) is 5.91 Å². The number of carbonyl (C=O) groups excluding carboxylic acids is 2. The number of fused-ring (bicyclic) bond motifs is 2. The van der Waals surface area contributed by atoms with Gasteiger partial charge in [0.25, 0.3) is 5.91 Å². The standard InChI is InChI=1S/C18H31N3O3/c1-21(2)18(23)15-7-6-14(24-15)10-20-17(22)13-8-11-4-3-5-12(9-13)16(11)19/h11-16H,3-10,19H2,1-2H3,(H,20,22). The Hall–Kier alpha value is -1.14. The predicted molar refractivity (Wildman–Crippen MR) is 91.1 cm³/mol. The van der Waals surface area contributed by atoms with Crippen molar-refractivity contribution < 1.29 is 14.3 Å². The zero-order valence-electron chi connectivity index (χ0n) is 14.9. The average molecular weight is 337 g/mol. The van der Waals surface area contributed by atoms with E-state index in [0.29, 0.717) is 24.4 Å². The van der Waals surface area contributed by atoms with E-state index >= 15 is 0 Å². The average Bonchev–Trinajstić information content (AvgIpc) is 3.00. The SMILES string of the molecule is CN(C)C(=O)C1CCC(CNC(=O)C2CC3CCCC(C2)C3N)O1. The molecule has 3 rings (SSSR count). The molecule has 1 aliphatic heterocycles. The van der Waals surface area contributed by atoms with Gasteiger partial charge in [0.05, 0.1) is 6.10 Å². The van der Waals surface area contributed by atoms with Crippen LogP contribution in [0, 0.1) is 17.8 Å². The summed E-state index contributed by atoms with van der Waals surface area (Å²) in [5.41, 5.74) is 6.30. The van der Waals surface area contributed by atoms with Gasteiger partial charge in [0, 0.05) is 32.6 Å². The molecule has 2 saturated carbocycles. The van der Waals surface area contributed by atoms with Crippen LogP contribution in [0.5, 0.6) is 0 Å². The van der Waals surface area contributed by atoms with Gasteiger partial charge in [-0.15, -0.1) is 0 Å². The molecule has 0 aromatic carbocycles. The highest BCUT2D eigenvalue weighted by molar-refractivity contribution is 5.81. The Labute approximate surface area is 144 Å². The van der Waals surface area contributed by atoms with Gasteiger partial charge in [-0.25, -0.2) is 0 Å². The van der Waals surface area contributed by atoms with Crippen LogP contribution >= 0.6 is 0 Å². The number of likely N-dealkylation sites (N-methyl/N-ethyl adjacent to an activating group) is 1. The molecule has 0 aromatic rings. The van der Waals surface area contributed by atoms with Gasteiger partial charge in [0.15, 0.2) is 0 Å². The van der Waals surface area contributed by atoms with Crippen molar-refractivity contribution in [3.63, 3.8) is 0 Å². The number of nitrogens with one attached hydrogen (secondary N) is 1. The molecule has 4 unspecified atom stereocenters. The minimum atomic E-state index is -0.353. The van der Waals surface area contributed by atoms with Crippen molar-refractivity contribution in [1.82, 2.24) is 10.2 Å². The molecule has 2 amide bonds. The van der Waals surface area contributed by atoms with Gasteiger partial charge < -0.3 is 20.7 Å². The lowest BCUT2D eigenvalue weighted by atomic mass is 9.65. The number of rotatable bonds is 4. The molecule has 0 radical (unpaired) electrons. The number of hydrogen-bond donors (Lipinski definition) is 2. The topological polar surface area (TPSA) is 84.7 Å². The molecule has 6 nitrogen and oxygen atoms in total. The molecular weight excluding hydrogens is 306 g/mol. The van der Waals surface area contributed by atoms with E-state index in [2.05, 4.69) is 5.32 Å². The molecule has 6 heteroatoms. The summed E-state index contributed by atoms with van der Waals surface area (Å²) in [4.78, 5) is 26.0. The van der Waals surface area contributed by atoms with E-state index in [1.165, 1.54) is 19.3 Å². The zero-order chi connectivity index (χ0) is 17.3. The van der Waals surface area contributed by atoms with Crippen molar-refractivity contribution in [3.05, 3.63) is 0 Å². The van der Waals surface area contributed by atoms with Gasteiger partial charge in [-0.1, -0.05) is 6.42 Å². The fourth-order valence-corrected chi connectivity index (χ4v) is 4.69. The van der Waals surface area contributed by atoms with Gasteiger partial charge in [-0.05, 0) is 50.4 Å². The van der Waals surface area contributed by atoms with E-state index in [0.717, 1.165) is 25.7 Å². The van der Waals surface area contributed by atoms with Crippen LogP contribution in [0.25, 0.3) is 0 Å². The van der Waals surface area contributed by atoms with Crippen LogP contribution in [0.4, 0.5) is 0 Å². The van der Waals surface area contributed by atoms with Gasteiger partial charge in [0.1, 0.15) is 6.10 Å². The summed E-state index contributed by atoms with van der Waals surface area (Å²) in [6.45, 7) is 0.508.